The lowest BCUT2D eigenvalue weighted by Gasteiger charge is -2.09. The molecule has 0 saturated heterocycles. The van der Waals surface area contributed by atoms with Crippen LogP contribution in [-0.4, -0.2) is 30.8 Å². The average molecular weight is 213 g/mol. The van der Waals surface area contributed by atoms with Crippen LogP contribution in [0.25, 0.3) is 0 Å². The molecule has 1 rings (SSSR count). The lowest BCUT2D eigenvalue weighted by atomic mass is 10.2. The van der Waals surface area contributed by atoms with Gasteiger partial charge < -0.3 is 19.6 Å². The Morgan fingerprint density at radius 2 is 2.53 bits per heavy atom. The quantitative estimate of drug-likeness (QED) is 0.665. The highest BCUT2D eigenvalue weighted by Crippen LogP contribution is 1.99. The van der Waals surface area contributed by atoms with E-state index in [1.807, 2.05) is 6.07 Å². The van der Waals surface area contributed by atoms with Gasteiger partial charge in [-0.2, -0.15) is 0 Å². The summed E-state index contributed by atoms with van der Waals surface area (Å²) in [5, 5.41) is 12.4. The lowest BCUT2D eigenvalue weighted by molar-refractivity contribution is -0.142. The molecule has 0 aliphatic rings. The number of carbonyl (C=O) groups is 1. The Balaban J connectivity index is 2.12. The molecule has 0 fully saturated rings. The summed E-state index contributed by atoms with van der Waals surface area (Å²) >= 11 is 0. The van der Waals surface area contributed by atoms with Gasteiger partial charge in [-0.15, -0.1) is 0 Å². The fraction of sp³-hybridized carbons (Fsp3) is 0.500. The molecule has 2 N–H and O–H groups in total. The highest BCUT2D eigenvalue weighted by atomic mass is 16.5. The first kappa shape index (κ1) is 11.7. The maximum absolute atomic E-state index is 10.8. The zero-order valence-electron chi connectivity index (χ0n) is 8.60. The largest absolute Gasteiger partial charge is 0.469 e. The second-order valence-corrected chi connectivity index (χ2v) is 3.14. The number of carbonyl (C=O) groups excluding carboxylic acids is 1. The van der Waals surface area contributed by atoms with Gasteiger partial charge >= 0.3 is 5.97 Å². The maximum Gasteiger partial charge on any atom is 0.308 e. The molecule has 0 aliphatic heterocycles. The predicted octanol–water partition coefficient (Wildman–Crippen LogP) is 0.293. The molecule has 1 atom stereocenters. The van der Waals surface area contributed by atoms with Crippen LogP contribution in [0.15, 0.2) is 22.8 Å². The van der Waals surface area contributed by atoms with Crippen LogP contribution in [0.1, 0.15) is 12.2 Å². The maximum atomic E-state index is 10.8. The van der Waals surface area contributed by atoms with Gasteiger partial charge in [0.15, 0.2) is 0 Å². The van der Waals surface area contributed by atoms with Gasteiger partial charge in [-0.1, -0.05) is 0 Å². The van der Waals surface area contributed by atoms with E-state index in [0.29, 0.717) is 13.1 Å². The Hall–Kier alpha value is -1.33. The summed E-state index contributed by atoms with van der Waals surface area (Å²) in [7, 11) is 1.30. The van der Waals surface area contributed by atoms with Crippen LogP contribution in [0.3, 0.4) is 0 Å². The normalized spacial score (nSPS) is 12.4. The van der Waals surface area contributed by atoms with Crippen molar-refractivity contribution in [3.8, 4) is 0 Å². The SMILES string of the molecule is COC(=O)CC(O)CNCc1ccco1. The zero-order valence-corrected chi connectivity index (χ0v) is 8.60. The van der Waals surface area contributed by atoms with E-state index >= 15 is 0 Å². The molecule has 5 nitrogen and oxygen atoms in total. The number of hydrogen-bond acceptors (Lipinski definition) is 5. The van der Waals surface area contributed by atoms with Crippen molar-refractivity contribution in [3.63, 3.8) is 0 Å². The molecular weight excluding hydrogens is 198 g/mol. The van der Waals surface area contributed by atoms with E-state index in [0.717, 1.165) is 5.76 Å². The molecule has 1 heterocycles. The van der Waals surface area contributed by atoms with E-state index in [2.05, 4.69) is 10.1 Å². The average Bonchev–Trinajstić information content (AvgIpc) is 2.70. The van der Waals surface area contributed by atoms with Gasteiger partial charge in [0.05, 0.1) is 32.4 Å². The van der Waals surface area contributed by atoms with Crippen molar-refractivity contribution >= 4 is 5.97 Å². The van der Waals surface area contributed by atoms with E-state index < -0.39 is 12.1 Å². The molecule has 0 spiro atoms. The van der Waals surface area contributed by atoms with E-state index in [4.69, 9.17) is 4.42 Å². The Kier molecular flexibility index (Phi) is 4.86. The molecule has 1 aromatic heterocycles. The number of esters is 1. The summed E-state index contributed by atoms with van der Waals surface area (Å²) in [6, 6.07) is 3.63. The van der Waals surface area contributed by atoms with Crippen LogP contribution in [0.5, 0.6) is 0 Å². The zero-order chi connectivity index (χ0) is 11.1. The summed E-state index contributed by atoms with van der Waals surface area (Å²) in [6.07, 6.45) is 0.858. The standard InChI is InChI=1S/C10H15NO4/c1-14-10(13)5-8(12)6-11-7-9-3-2-4-15-9/h2-4,8,11-12H,5-7H2,1H3. The smallest absolute Gasteiger partial charge is 0.308 e. The minimum Gasteiger partial charge on any atom is -0.469 e. The Morgan fingerprint density at radius 3 is 3.13 bits per heavy atom. The number of aliphatic hydroxyl groups is 1. The fourth-order valence-corrected chi connectivity index (χ4v) is 1.12. The third-order valence-corrected chi connectivity index (χ3v) is 1.89. The Labute approximate surface area is 88.0 Å². The first-order valence-electron chi connectivity index (χ1n) is 4.70. The lowest BCUT2D eigenvalue weighted by Crippen LogP contribution is -2.28. The van der Waals surface area contributed by atoms with Crippen molar-refractivity contribution in [1.29, 1.82) is 0 Å². The molecule has 0 aliphatic carbocycles. The molecule has 1 unspecified atom stereocenters. The number of rotatable bonds is 6. The van der Waals surface area contributed by atoms with Gasteiger partial charge in [0, 0.05) is 6.54 Å². The highest BCUT2D eigenvalue weighted by molar-refractivity contribution is 5.69. The van der Waals surface area contributed by atoms with Gasteiger partial charge in [0.25, 0.3) is 0 Å². The number of aliphatic hydroxyl groups excluding tert-OH is 1. The topological polar surface area (TPSA) is 71.7 Å². The second kappa shape index (κ2) is 6.21. The van der Waals surface area contributed by atoms with Crippen LogP contribution in [0.2, 0.25) is 0 Å². The van der Waals surface area contributed by atoms with Crippen molar-refractivity contribution in [2.75, 3.05) is 13.7 Å². The van der Waals surface area contributed by atoms with Crippen LogP contribution in [-0.2, 0) is 16.1 Å². The van der Waals surface area contributed by atoms with Gasteiger partial charge in [0.2, 0.25) is 0 Å². The molecule has 84 valence electrons. The molecule has 0 aromatic carbocycles. The fourth-order valence-electron chi connectivity index (χ4n) is 1.12. The summed E-state index contributed by atoms with van der Waals surface area (Å²) in [5.74, 6) is 0.377. The first-order chi connectivity index (χ1) is 7.22. The van der Waals surface area contributed by atoms with Gasteiger partial charge in [-0.3, -0.25) is 4.79 Å². The van der Waals surface area contributed by atoms with Crippen molar-refractivity contribution < 1.29 is 19.1 Å². The van der Waals surface area contributed by atoms with Crippen LogP contribution >= 0.6 is 0 Å². The third kappa shape index (κ3) is 4.62. The Bertz CT molecular complexity index is 284. The molecule has 0 bridgehead atoms. The van der Waals surface area contributed by atoms with E-state index in [9.17, 15) is 9.90 Å². The summed E-state index contributed by atoms with van der Waals surface area (Å²) in [4.78, 5) is 10.8. The number of furan rings is 1. The van der Waals surface area contributed by atoms with Crippen LogP contribution in [0.4, 0.5) is 0 Å². The molecular formula is C10H15NO4. The van der Waals surface area contributed by atoms with Crippen molar-refractivity contribution in [2.24, 2.45) is 0 Å². The molecule has 0 amide bonds. The van der Waals surface area contributed by atoms with E-state index in [1.54, 1.807) is 12.3 Å². The third-order valence-electron chi connectivity index (χ3n) is 1.89. The molecule has 15 heavy (non-hydrogen) atoms. The second-order valence-electron chi connectivity index (χ2n) is 3.14. The Morgan fingerprint density at radius 1 is 1.73 bits per heavy atom. The minimum atomic E-state index is -0.729. The van der Waals surface area contributed by atoms with Crippen molar-refractivity contribution in [3.05, 3.63) is 24.2 Å². The summed E-state index contributed by atoms with van der Waals surface area (Å²) in [5.41, 5.74) is 0. The predicted molar refractivity (Wildman–Crippen MR) is 53.1 cm³/mol. The molecule has 0 radical (unpaired) electrons. The highest BCUT2D eigenvalue weighted by Gasteiger charge is 2.10. The number of ether oxygens (including phenoxy) is 1. The van der Waals surface area contributed by atoms with Gasteiger partial charge in [-0.25, -0.2) is 0 Å². The molecule has 5 heteroatoms. The van der Waals surface area contributed by atoms with E-state index in [-0.39, 0.29) is 6.42 Å². The van der Waals surface area contributed by atoms with Gasteiger partial charge in [0.1, 0.15) is 5.76 Å². The van der Waals surface area contributed by atoms with E-state index in [1.165, 1.54) is 7.11 Å². The molecule has 1 aromatic rings. The van der Waals surface area contributed by atoms with Gasteiger partial charge in [-0.05, 0) is 12.1 Å². The van der Waals surface area contributed by atoms with Crippen molar-refractivity contribution in [1.82, 2.24) is 5.32 Å². The number of nitrogens with one attached hydrogen (secondary N) is 1. The number of hydrogen-bond donors (Lipinski definition) is 2. The first-order valence-corrected chi connectivity index (χ1v) is 4.70. The van der Waals surface area contributed by atoms with Crippen LogP contribution in [0, 0.1) is 0 Å². The van der Waals surface area contributed by atoms with Crippen molar-refractivity contribution in [2.45, 2.75) is 19.1 Å². The molecule has 0 saturated carbocycles. The summed E-state index contributed by atoms with van der Waals surface area (Å²) in [6.45, 7) is 0.862. The summed E-state index contributed by atoms with van der Waals surface area (Å²) < 4.78 is 9.51. The minimum absolute atomic E-state index is 0.00164. The monoisotopic (exact) mass is 213 g/mol. The number of methoxy groups -OCH3 is 1. The van der Waals surface area contributed by atoms with Crippen LogP contribution < -0.4 is 5.32 Å².